The summed E-state index contributed by atoms with van der Waals surface area (Å²) in [7, 11) is -2.65. The van der Waals surface area contributed by atoms with Crippen molar-refractivity contribution in [3.63, 3.8) is 0 Å². The molecule has 5 rings (SSSR count). The van der Waals surface area contributed by atoms with Crippen molar-refractivity contribution in [3.05, 3.63) is 90.0 Å². The zero-order chi connectivity index (χ0) is 28.1. The molecule has 0 radical (unpaired) electrons. The molecule has 1 aromatic heterocycles. The SMILES string of the molecule is COc1cc(F)c(-c2ccc(S(N)(=O)=O)cc2)cc1-c1cc(F)cc(-c2nc3cc(C(F)(F)F)ccc3o2)c1. The molecule has 0 amide bonds. The molecule has 0 saturated carbocycles. The fraction of sp³-hybridized carbons (Fsp3) is 0.0741. The van der Waals surface area contributed by atoms with Gasteiger partial charge in [-0.05, 0) is 65.7 Å². The number of hydrogen-bond acceptors (Lipinski definition) is 5. The van der Waals surface area contributed by atoms with Crippen molar-refractivity contribution < 1.29 is 39.5 Å². The average molecular weight is 561 g/mol. The molecule has 0 aliphatic heterocycles. The zero-order valence-corrected chi connectivity index (χ0v) is 20.7. The van der Waals surface area contributed by atoms with Crippen LogP contribution in [0, 0.1) is 11.6 Å². The van der Waals surface area contributed by atoms with Crippen LogP contribution in [0.25, 0.3) is 44.8 Å². The standard InChI is InChI=1S/C27H17F5N2O4S/c1-37-25-13-22(29)20(14-2-5-19(6-3-14)39(33,35)36)12-21(25)15-8-16(10-18(28)9-15)26-34-23-11-17(27(30,31)32)4-7-24(23)38-26/h2-13H,1H3,(H2,33,35,36). The summed E-state index contributed by atoms with van der Waals surface area (Å²) in [5.41, 5.74) is 0.140. The normalized spacial score (nSPS) is 12.2. The largest absolute Gasteiger partial charge is 0.496 e. The van der Waals surface area contributed by atoms with Crippen molar-refractivity contribution in [2.45, 2.75) is 11.1 Å². The molecular weight excluding hydrogens is 543 g/mol. The second-order valence-corrected chi connectivity index (χ2v) is 10.1. The molecule has 0 aliphatic rings. The van der Waals surface area contributed by atoms with Gasteiger partial charge in [0.1, 0.15) is 22.9 Å². The molecule has 1 heterocycles. The van der Waals surface area contributed by atoms with Crippen molar-refractivity contribution in [1.82, 2.24) is 4.98 Å². The minimum Gasteiger partial charge on any atom is -0.496 e. The molecule has 0 atom stereocenters. The Labute approximate surface area is 218 Å². The number of rotatable bonds is 5. The average Bonchev–Trinajstić information content (AvgIpc) is 3.31. The Kier molecular flexibility index (Phi) is 6.39. The lowest BCUT2D eigenvalue weighted by Gasteiger charge is -2.14. The van der Waals surface area contributed by atoms with E-state index in [1.54, 1.807) is 0 Å². The first-order valence-electron chi connectivity index (χ1n) is 11.1. The quantitative estimate of drug-likeness (QED) is 0.239. The van der Waals surface area contributed by atoms with Gasteiger partial charge in [-0.25, -0.2) is 27.3 Å². The summed E-state index contributed by atoms with van der Waals surface area (Å²) in [6, 6.07) is 14.3. The number of halogens is 5. The first kappa shape index (κ1) is 26.3. The molecule has 5 aromatic rings. The van der Waals surface area contributed by atoms with E-state index in [9.17, 15) is 26.0 Å². The number of sulfonamides is 1. The van der Waals surface area contributed by atoms with Crippen LogP contribution in [0.5, 0.6) is 5.75 Å². The van der Waals surface area contributed by atoms with Crippen LogP contribution in [0.3, 0.4) is 0 Å². The summed E-state index contributed by atoms with van der Waals surface area (Å²) in [5, 5.41) is 5.12. The minimum atomic E-state index is -4.57. The van der Waals surface area contributed by atoms with Crippen LogP contribution in [0.15, 0.2) is 82.1 Å². The van der Waals surface area contributed by atoms with Crippen molar-refractivity contribution in [2.75, 3.05) is 7.11 Å². The van der Waals surface area contributed by atoms with Gasteiger partial charge < -0.3 is 9.15 Å². The van der Waals surface area contributed by atoms with Gasteiger partial charge in [-0.2, -0.15) is 13.2 Å². The molecule has 0 spiro atoms. The number of alkyl halides is 3. The highest BCUT2D eigenvalue weighted by molar-refractivity contribution is 7.89. The molecule has 0 unspecified atom stereocenters. The Morgan fingerprint density at radius 3 is 2.18 bits per heavy atom. The summed E-state index contributed by atoms with van der Waals surface area (Å²) >= 11 is 0. The molecule has 12 heteroatoms. The summed E-state index contributed by atoms with van der Waals surface area (Å²) < 4.78 is 103. The number of aromatic nitrogens is 1. The second kappa shape index (κ2) is 9.47. The predicted molar refractivity (Wildman–Crippen MR) is 133 cm³/mol. The number of fused-ring (bicyclic) bond motifs is 1. The Morgan fingerprint density at radius 2 is 1.54 bits per heavy atom. The monoisotopic (exact) mass is 560 g/mol. The van der Waals surface area contributed by atoms with Gasteiger partial charge in [0.05, 0.1) is 17.6 Å². The van der Waals surface area contributed by atoms with E-state index in [1.807, 2.05) is 0 Å². The number of primary sulfonamides is 1. The third-order valence-electron chi connectivity index (χ3n) is 5.95. The van der Waals surface area contributed by atoms with Gasteiger partial charge in [-0.3, -0.25) is 0 Å². The Balaban J connectivity index is 1.61. The fourth-order valence-corrected chi connectivity index (χ4v) is 4.61. The van der Waals surface area contributed by atoms with Gasteiger partial charge in [0, 0.05) is 22.8 Å². The van der Waals surface area contributed by atoms with Gasteiger partial charge in [0.2, 0.25) is 15.9 Å². The van der Waals surface area contributed by atoms with Gasteiger partial charge in [-0.15, -0.1) is 0 Å². The molecule has 0 fully saturated rings. The summed E-state index contributed by atoms with van der Waals surface area (Å²) in [6.45, 7) is 0. The van der Waals surface area contributed by atoms with Crippen molar-refractivity contribution in [2.24, 2.45) is 5.14 Å². The molecule has 6 nitrogen and oxygen atoms in total. The van der Waals surface area contributed by atoms with E-state index in [1.165, 1.54) is 43.5 Å². The molecular formula is C27H17F5N2O4S. The fourth-order valence-electron chi connectivity index (χ4n) is 4.09. The Morgan fingerprint density at radius 1 is 0.846 bits per heavy atom. The van der Waals surface area contributed by atoms with Crippen molar-refractivity contribution in [1.29, 1.82) is 0 Å². The molecule has 2 N–H and O–H groups in total. The highest BCUT2D eigenvalue weighted by Crippen LogP contribution is 2.39. The van der Waals surface area contributed by atoms with Crippen LogP contribution >= 0.6 is 0 Å². The van der Waals surface area contributed by atoms with Crippen molar-refractivity contribution in [3.8, 4) is 39.5 Å². The molecule has 200 valence electrons. The van der Waals surface area contributed by atoms with Gasteiger partial charge >= 0.3 is 6.18 Å². The molecule has 0 aliphatic carbocycles. The summed E-state index contributed by atoms with van der Waals surface area (Å²) in [4.78, 5) is 3.94. The number of ether oxygens (including phenoxy) is 1. The van der Waals surface area contributed by atoms with Crippen LogP contribution in [-0.4, -0.2) is 20.5 Å². The highest BCUT2D eigenvalue weighted by Gasteiger charge is 2.31. The predicted octanol–water partition coefficient (Wildman–Crippen LogP) is 6.78. The van der Waals surface area contributed by atoms with Crippen LogP contribution in [0.4, 0.5) is 22.0 Å². The minimum absolute atomic E-state index is 0.0600. The van der Waals surface area contributed by atoms with E-state index in [-0.39, 0.29) is 49.9 Å². The van der Waals surface area contributed by atoms with Crippen molar-refractivity contribution >= 4 is 21.1 Å². The molecule has 4 aromatic carbocycles. The lowest BCUT2D eigenvalue weighted by molar-refractivity contribution is -0.137. The molecule has 0 bridgehead atoms. The lowest BCUT2D eigenvalue weighted by Crippen LogP contribution is -2.11. The van der Waals surface area contributed by atoms with Crippen LogP contribution in [-0.2, 0) is 16.2 Å². The lowest BCUT2D eigenvalue weighted by atomic mass is 9.96. The highest BCUT2D eigenvalue weighted by atomic mass is 32.2. The molecule has 39 heavy (non-hydrogen) atoms. The van der Waals surface area contributed by atoms with E-state index < -0.39 is 33.4 Å². The van der Waals surface area contributed by atoms with Crippen LogP contribution in [0.2, 0.25) is 0 Å². The third-order valence-corrected chi connectivity index (χ3v) is 6.88. The summed E-state index contributed by atoms with van der Waals surface area (Å²) in [6.07, 6.45) is -4.57. The second-order valence-electron chi connectivity index (χ2n) is 8.53. The maximum Gasteiger partial charge on any atom is 0.416 e. The van der Waals surface area contributed by atoms with Gasteiger partial charge in [0.25, 0.3) is 0 Å². The smallest absolute Gasteiger partial charge is 0.416 e. The van der Waals surface area contributed by atoms with Gasteiger partial charge in [-0.1, -0.05) is 12.1 Å². The van der Waals surface area contributed by atoms with Crippen LogP contribution < -0.4 is 9.88 Å². The maximum absolute atomic E-state index is 15.0. The van der Waals surface area contributed by atoms with Crippen LogP contribution in [0.1, 0.15) is 5.56 Å². The van der Waals surface area contributed by atoms with E-state index in [4.69, 9.17) is 14.3 Å². The number of oxazole rings is 1. The number of benzene rings is 4. The number of methoxy groups -OCH3 is 1. The van der Waals surface area contributed by atoms with E-state index in [0.29, 0.717) is 5.56 Å². The Hall–Kier alpha value is -4.29. The van der Waals surface area contributed by atoms with Gasteiger partial charge in [0.15, 0.2) is 5.58 Å². The Bertz CT molecular complexity index is 1830. The third kappa shape index (κ3) is 5.20. The first-order valence-corrected chi connectivity index (χ1v) is 12.7. The number of nitrogens with zero attached hydrogens (tertiary/aromatic N) is 1. The maximum atomic E-state index is 15.0. The molecule has 0 saturated heterocycles. The number of nitrogens with two attached hydrogens (primary N) is 1. The number of hydrogen-bond donors (Lipinski definition) is 1. The summed E-state index contributed by atoms with van der Waals surface area (Å²) in [5.74, 6) is -1.45. The zero-order valence-electron chi connectivity index (χ0n) is 19.9. The van der Waals surface area contributed by atoms with E-state index in [0.717, 1.165) is 36.4 Å². The topological polar surface area (TPSA) is 95.4 Å². The van der Waals surface area contributed by atoms with E-state index in [2.05, 4.69) is 4.98 Å². The first-order chi connectivity index (χ1) is 18.3. The van der Waals surface area contributed by atoms with E-state index >= 15 is 4.39 Å².